The molecule has 0 bridgehead atoms. The molecule has 0 radical (unpaired) electrons. The van der Waals surface area contributed by atoms with Gasteiger partial charge in [-0.15, -0.1) is 10.2 Å². The molecule has 3 aromatic carbocycles. The zero-order valence-electron chi connectivity index (χ0n) is 16.1. The summed E-state index contributed by atoms with van der Waals surface area (Å²) < 4.78 is 34.1. The molecule has 0 saturated heterocycles. The van der Waals surface area contributed by atoms with E-state index in [-0.39, 0.29) is 39.5 Å². The number of aromatic nitrogens is 2. The Kier molecular flexibility index (Phi) is 6.15. The van der Waals surface area contributed by atoms with Crippen molar-refractivity contribution in [3.8, 4) is 11.4 Å². The van der Waals surface area contributed by atoms with Gasteiger partial charge in [-0.05, 0) is 19.1 Å². The number of hydrogen-bond donors (Lipinski definition) is 3. The smallest absolute Gasteiger partial charge is 0.299 e. The summed E-state index contributed by atoms with van der Waals surface area (Å²) in [5.74, 6) is -0.498. The number of phenols is 1. The summed E-state index contributed by atoms with van der Waals surface area (Å²) in [6.45, 7) is 1.66. The van der Waals surface area contributed by atoms with E-state index >= 15 is 0 Å². The second-order valence-electron chi connectivity index (χ2n) is 6.52. The summed E-state index contributed by atoms with van der Waals surface area (Å²) in [5.41, 5.74) is 0.676. The van der Waals surface area contributed by atoms with Gasteiger partial charge in [0.1, 0.15) is 16.3 Å². The van der Waals surface area contributed by atoms with Gasteiger partial charge in [0.15, 0.2) is 5.69 Å². The molecule has 4 aromatic rings. The van der Waals surface area contributed by atoms with Gasteiger partial charge in [0.25, 0.3) is 15.7 Å². The summed E-state index contributed by atoms with van der Waals surface area (Å²) in [7, 11) is -4.57. The van der Waals surface area contributed by atoms with Crippen LogP contribution in [0.1, 0.15) is 5.69 Å². The number of H-pyrrole nitrogens is 1. The van der Waals surface area contributed by atoms with Gasteiger partial charge in [0.05, 0.1) is 11.4 Å². The second kappa shape index (κ2) is 8.49. The first-order chi connectivity index (χ1) is 14.3. The van der Waals surface area contributed by atoms with Crippen LogP contribution in [0.15, 0.2) is 80.6 Å². The van der Waals surface area contributed by atoms with E-state index in [4.69, 9.17) is 0 Å². The number of benzene rings is 3. The zero-order valence-corrected chi connectivity index (χ0v) is 18.1. The van der Waals surface area contributed by atoms with Gasteiger partial charge in [-0.2, -0.15) is 8.42 Å². The van der Waals surface area contributed by atoms with Crippen molar-refractivity contribution in [2.45, 2.75) is 11.8 Å². The molecular formula is C20H16CrN4O5S. The predicted molar refractivity (Wildman–Crippen MR) is 111 cm³/mol. The van der Waals surface area contributed by atoms with Crippen molar-refractivity contribution >= 4 is 32.3 Å². The van der Waals surface area contributed by atoms with Crippen molar-refractivity contribution in [3.05, 3.63) is 76.7 Å². The van der Waals surface area contributed by atoms with Crippen LogP contribution in [0.2, 0.25) is 0 Å². The maximum Gasteiger partial charge on any atom is 0.299 e. The van der Waals surface area contributed by atoms with E-state index in [2.05, 4.69) is 15.3 Å². The van der Waals surface area contributed by atoms with E-state index in [0.717, 1.165) is 6.07 Å². The molecule has 4 rings (SSSR count). The van der Waals surface area contributed by atoms with Crippen molar-refractivity contribution in [1.82, 2.24) is 9.78 Å². The molecule has 0 aliphatic rings. The summed E-state index contributed by atoms with van der Waals surface area (Å²) in [4.78, 5) is 12.3. The molecule has 0 amide bonds. The average molecular weight is 476 g/mol. The third kappa shape index (κ3) is 4.17. The maximum atomic E-state index is 12.7. The van der Waals surface area contributed by atoms with Gasteiger partial charge >= 0.3 is 0 Å². The van der Waals surface area contributed by atoms with Crippen LogP contribution in [0.25, 0.3) is 16.5 Å². The molecule has 3 N–H and O–H groups in total. The Balaban J connectivity index is 0.00000272. The van der Waals surface area contributed by atoms with E-state index in [9.17, 15) is 22.9 Å². The first-order valence-corrected chi connectivity index (χ1v) is 10.2. The Morgan fingerprint density at radius 3 is 2.16 bits per heavy atom. The van der Waals surface area contributed by atoms with Crippen LogP contribution in [0.5, 0.6) is 5.75 Å². The SMILES string of the molecule is Cc1[nH]n(-c2ccccc2)c(=O)c1N=Nc1c(O)cc(S(=O)(=O)O)c2ccccc12.[Cr]. The molecule has 158 valence electrons. The standard InChI is InChI=1S/C20H16N4O5S.Cr/c1-12-18(20(26)24(23-12)13-7-3-2-4-8-13)21-22-19-15-10-6-5-9-14(15)17(11-16(19)25)30(27,28)29;/h2-11,23,25H,1H3,(H,27,28,29);. The molecule has 1 heterocycles. The Hall–Kier alpha value is -3.23. The van der Waals surface area contributed by atoms with Gasteiger partial charge in [0, 0.05) is 34.2 Å². The average Bonchev–Trinajstić information content (AvgIpc) is 3.00. The molecular weight excluding hydrogens is 460 g/mol. The van der Waals surface area contributed by atoms with Gasteiger partial charge in [-0.3, -0.25) is 14.4 Å². The second-order valence-corrected chi connectivity index (χ2v) is 7.91. The van der Waals surface area contributed by atoms with E-state index in [1.165, 1.54) is 16.8 Å². The Morgan fingerprint density at radius 2 is 1.52 bits per heavy atom. The molecule has 0 fully saturated rings. The minimum Gasteiger partial charge on any atom is -0.506 e. The minimum atomic E-state index is -4.57. The van der Waals surface area contributed by atoms with Crippen LogP contribution in [0.3, 0.4) is 0 Å². The summed E-state index contributed by atoms with van der Waals surface area (Å²) >= 11 is 0. The minimum absolute atomic E-state index is 0. The fourth-order valence-electron chi connectivity index (χ4n) is 3.15. The van der Waals surface area contributed by atoms with Crippen LogP contribution in [-0.4, -0.2) is 27.9 Å². The van der Waals surface area contributed by atoms with Crippen LogP contribution >= 0.6 is 0 Å². The van der Waals surface area contributed by atoms with Crippen molar-refractivity contribution in [1.29, 1.82) is 0 Å². The van der Waals surface area contributed by atoms with Crippen molar-refractivity contribution < 1.29 is 35.4 Å². The molecule has 0 saturated carbocycles. The van der Waals surface area contributed by atoms with E-state index in [0.29, 0.717) is 11.4 Å². The molecule has 0 atom stereocenters. The monoisotopic (exact) mass is 476 g/mol. The molecule has 1 aromatic heterocycles. The van der Waals surface area contributed by atoms with Gasteiger partial charge in [-0.1, -0.05) is 42.5 Å². The largest absolute Gasteiger partial charge is 0.506 e. The van der Waals surface area contributed by atoms with Crippen LogP contribution in [0, 0.1) is 6.92 Å². The van der Waals surface area contributed by atoms with Gasteiger partial charge in [0.2, 0.25) is 0 Å². The number of aryl methyl sites for hydroxylation is 1. The number of phenolic OH excluding ortho intramolecular Hbond substituents is 1. The quantitative estimate of drug-likeness (QED) is 0.302. The van der Waals surface area contributed by atoms with Crippen molar-refractivity contribution in [2.75, 3.05) is 0 Å². The fraction of sp³-hybridized carbons (Fsp3) is 0.0500. The normalized spacial score (nSPS) is 11.7. The molecule has 0 unspecified atom stereocenters. The molecule has 0 spiro atoms. The topological polar surface area (TPSA) is 137 Å². The van der Waals surface area contributed by atoms with E-state index in [1.807, 2.05) is 6.07 Å². The number of nitrogens with one attached hydrogen (secondary N) is 1. The van der Waals surface area contributed by atoms with Gasteiger partial charge in [-0.25, -0.2) is 4.68 Å². The zero-order chi connectivity index (χ0) is 21.5. The van der Waals surface area contributed by atoms with Gasteiger partial charge < -0.3 is 5.11 Å². The third-order valence-electron chi connectivity index (χ3n) is 4.54. The fourth-order valence-corrected chi connectivity index (χ4v) is 3.86. The maximum absolute atomic E-state index is 12.7. The van der Waals surface area contributed by atoms with E-state index in [1.54, 1.807) is 43.3 Å². The number of aromatic hydroxyl groups is 1. The number of rotatable bonds is 4. The number of nitrogens with zero attached hydrogens (tertiary/aromatic N) is 3. The van der Waals surface area contributed by atoms with Crippen LogP contribution < -0.4 is 5.56 Å². The van der Waals surface area contributed by atoms with Crippen molar-refractivity contribution in [2.24, 2.45) is 10.2 Å². The number of hydrogen-bond acceptors (Lipinski definition) is 6. The number of azo groups is 1. The molecule has 0 aliphatic carbocycles. The van der Waals surface area contributed by atoms with Crippen molar-refractivity contribution in [3.63, 3.8) is 0 Å². The van der Waals surface area contributed by atoms with Crippen LogP contribution in [-0.2, 0) is 27.5 Å². The Bertz CT molecular complexity index is 1460. The first-order valence-electron chi connectivity index (χ1n) is 8.78. The number of para-hydroxylation sites is 1. The third-order valence-corrected chi connectivity index (χ3v) is 5.43. The Morgan fingerprint density at radius 1 is 0.935 bits per heavy atom. The molecule has 31 heavy (non-hydrogen) atoms. The summed E-state index contributed by atoms with van der Waals surface area (Å²) in [5, 5.41) is 21.7. The first kappa shape index (κ1) is 22.5. The summed E-state index contributed by atoms with van der Waals surface area (Å²) in [6, 6.07) is 16.0. The number of fused-ring (bicyclic) bond motifs is 1. The summed E-state index contributed by atoms with van der Waals surface area (Å²) in [6.07, 6.45) is 0. The predicted octanol–water partition coefficient (Wildman–Crippen LogP) is 3.99. The van der Waals surface area contributed by atoms with E-state index < -0.39 is 26.3 Å². The van der Waals surface area contributed by atoms with Crippen LogP contribution in [0.4, 0.5) is 11.4 Å². The molecule has 11 heteroatoms. The molecule has 9 nitrogen and oxygen atoms in total. The number of aromatic amines is 1. The Labute approximate surface area is 187 Å². The molecule has 0 aliphatic heterocycles.